The third-order valence-corrected chi connectivity index (χ3v) is 3.48. The van der Waals surface area contributed by atoms with Crippen molar-refractivity contribution in [2.24, 2.45) is 0 Å². The lowest BCUT2D eigenvalue weighted by Gasteiger charge is -2.12. The normalized spacial score (nSPS) is 11.1. The molecule has 0 amide bonds. The molecular formula is C13H14BrNO2. The fourth-order valence-corrected chi connectivity index (χ4v) is 2.26. The summed E-state index contributed by atoms with van der Waals surface area (Å²) in [4.78, 5) is 4.47. The zero-order chi connectivity index (χ0) is 12.6. The van der Waals surface area contributed by atoms with E-state index in [1.807, 2.05) is 32.0 Å². The maximum atomic E-state index is 10.1. The van der Waals surface area contributed by atoms with Crippen molar-refractivity contribution in [2.75, 3.05) is 7.11 Å². The van der Waals surface area contributed by atoms with E-state index in [1.54, 1.807) is 7.11 Å². The molecule has 0 spiro atoms. The van der Waals surface area contributed by atoms with E-state index in [4.69, 9.17) is 4.74 Å². The predicted octanol–water partition coefficient (Wildman–Crippen LogP) is 3.83. The number of hydrogen-bond acceptors (Lipinski definition) is 3. The van der Waals surface area contributed by atoms with Gasteiger partial charge >= 0.3 is 0 Å². The summed E-state index contributed by atoms with van der Waals surface area (Å²) in [5.41, 5.74) is 1.55. The number of benzene rings is 1. The Morgan fingerprint density at radius 2 is 2.06 bits per heavy atom. The van der Waals surface area contributed by atoms with Crippen molar-refractivity contribution in [3.63, 3.8) is 0 Å². The Labute approximate surface area is 109 Å². The number of fused-ring (bicyclic) bond motifs is 1. The molecule has 1 aromatic heterocycles. The zero-order valence-corrected chi connectivity index (χ0v) is 11.6. The van der Waals surface area contributed by atoms with Gasteiger partial charge in [0, 0.05) is 5.39 Å². The highest BCUT2D eigenvalue weighted by atomic mass is 79.9. The van der Waals surface area contributed by atoms with E-state index in [9.17, 15) is 5.11 Å². The maximum Gasteiger partial charge on any atom is 0.152 e. The minimum atomic E-state index is 0.179. The summed E-state index contributed by atoms with van der Waals surface area (Å²) in [5.74, 6) is 1.13. The van der Waals surface area contributed by atoms with Crippen molar-refractivity contribution in [3.05, 3.63) is 28.4 Å². The number of nitrogens with zero attached hydrogens (tertiary/aromatic N) is 1. The van der Waals surface area contributed by atoms with Crippen LogP contribution in [0.4, 0.5) is 0 Å². The molecule has 1 N–H and O–H groups in total. The zero-order valence-electron chi connectivity index (χ0n) is 9.99. The minimum Gasteiger partial charge on any atom is -0.505 e. The molecule has 17 heavy (non-hydrogen) atoms. The number of hydrogen-bond donors (Lipinski definition) is 1. The quantitative estimate of drug-likeness (QED) is 0.915. The molecule has 1 heterocycles. The Balaban J connectivity index is 2.76. The Kier molecular flexibility index (Phi) is 3.24. The summed E-state index contributed by atoms with van der Waals surface area (Å²) in [6.07, 6.45) is 0. The van der Waals surface area contributed by atoms with Gasteiger partial charge in [-0.1, -0.05) is 13.8 Å². The highest BCUT2D eigenvalue weighted by Gasteiger charge is 2.15. The molecule has 2 rings (SSSR count). The van der Waals surface area contributed by atoms with Crippen molar-refractivity contribution >= 4 is 26.8 Å². The first-order chi connectivity index (χ1) is 8.04. The average molecular weight is 296 g/mol. The number of methoxy groups -OCH3 is 1. The van der Waals surface area contributed by atoms with Crippen LogP contribution in [0.25, 0.3) is 10.9 Å². The number of aromatic nitrogens is 1. The smallest absolute Gasteiger partial charge is 0.152 e. The molecular weight excluding hydrogens is 282 g/mol. The molecule has 0 saturated carbocycles. The number of pyridine rings is 1. The van der Waals surface area contributed by atoms with Gasteiger partial charge in [0.25, 0.3) is 0 Å². The Morgan fingerprint density at radius 3 is 2.65 bits per heavy atom. The highest BCUT2D eigenvalue weighted by Crippen LogP contribution is 2.37. The number of halogens is 1. The molecule has 0 unspecified atom stereocenters. The van der Waals surface area contributed by atoms with E-state index in [1.165, 1.54) is 0 Å². The van der Waals surface area contributed by atoms with Crippen molar-refractivity contribution in [1.29, 1.82) is 0 Å². The van der Waals surface area contributed by atoms with Crippen LogP contribution in [0.15, 0.2) is 22.7 Å². The summed E-state index contributed by atoms with van der Waals surface area (Å²) < 4.78 is 5.84. The van der Waals surface area contributed by atoms with E-state index in [2.05, 4.69) is 20.9 Å². The van der Waals surface area contributed by atoms with Crippen molar-refractivity contribution in [2.45, 2.75) is 19.8 Å². The maximum absolute atomic E-state index is 10.1. The Hall–Kier alpha value is -1.29. The largest absolute Gasteiger partial charge is 0.505 e. The second kappa shape index (κ2) is 4.53. The van der Waals surface area contributed by atoms with E-state index in [-0.39, 0.29) is 11.7 Å². The van der Waals surface area contributed by atoms with E-state index >= 15 is 0 Å². The van der Waals surface area contributed by atoms with E-state index in [0.29, 0.717) is 10.2 Å². The van der Waals surface area contributed by atoms with Gasteiger partial charge in [-0.15, -0.1) is 0 Å². The average Bonchev–Trinajstić information content (AvgIpc) is 2.33. The van der Waals surface area contributed by atoms with Gasteiger partial charge in [-0.3, -0.25) is 0 Å². The lowest BCUT2D eigenvalue weighted by atomic mass is 10.1. The summed E-state index contributed by atoms with van der Waals surface area (Å²) in [5, 5.41) is 10.9. The molecule has 0 fully saturated rings. The van der Waals surface area contributed by atoms with Crippen LogP contribution in [0.3, 0.4) is 0 Å². The van der Waals surface area contributed by atoms with Crippen LogP contribution in [-0.4, -0.2) is 17.2 Å². The van der Waals surface area contributed by atoms with Crippen LogP contribution in [-0.2, 0) is 0 Å². The van der Waals surface area contributed by atoms with Gasteiger partial charge < -0.3 is 9.84 Å². The van der Waals surface area contributed by atoms with Crippen molar-refractivity contribution in [1.82, 2.24) is 4.98 Å². The van der Waals surface area contributed by atoms with Crippen LogP contribution in [0.1, 0.15) is 25.5 Å². The summed E-state index contributed by atoms with van der Waals surface area (Å²) in [7, 11) is 1.62. The monoisotopic (exact) mass is 295 g/mol. The van der Waals surface area contributed by atoms with Crippen LogP contribution in [0.5, 0.6) is 11.5 Å². The van der Waals surface area contributed by atoms with E-state index < -0.39 is 0 Å². The topological polar surface area (TPSA) is 42.4 Å². The van der Waals surface area contributed by atoms with Gasteiger partial charge in [0.05, 0.1) is 22.8 Å². The lowest BCUT2D eigenvalue weighted by molar-refractivity contribution is 0.415. The molecule has 0 aliphatic rings. The van der Waals surface area contributed by atoms with Gasteiger partial charge in [0.15, 0.2) is 5.75 Å². The van der Waals surface area contributed by atoms with Gasteiger partial charge in [-0.25, -0.2) is 4.98 Å². The molecule has 0 atom stereocenters. The molecule has 90 valence electrons. The van der Waals surface area contributed by atoms with Gasteiger partial charge in [0.2, 0.25) is 0 Å². The first kappa shape index (κ1) is 12.2. The number of ether oxygens (including phenoxy) is 1. The molecule has 0 radical (unpaired) electrons. The first-order valence-electron chi connectivity index (χ1n) is 5.40. The summed E-state index contributed by atoms with van der Waals surface area (Å²) >= 11 is 3.42. The van der Waals surface area contributed by atoms with Crippen LogP contribution < -0.4 is 4.74 Å². The molecule has 0 bridgehead atoms. The standard InChI is InChI=1S/C13H14BrNO2/c1-7(2)12-13(16)11(14)9-6-8(17-3)4-5-10(9)15-12/h4-7,16H,1-3H3. The van der Waals surface area contributed by atoms with Crippen molar-refractivity contribution in [3.8, 4) is 11.5 Å². The first-order valence-corrected chi connectivity index (χ1v) is 6.20. The van der Waals surface area contributed by atoms with Crippen LogP contribution in [0, 0.1) is 0 Å². The number of aromatic hydroxyl groups is 1. The molecule has 0 aliphatic carbocycles. The third kappa shape index (κ3) is 2.09. The molecule has 2 aromatic rings. The minimum absolute atomic E-state index is 0.179. The fourth-order valence-electron chi connectivity index (χ4n) is 1.74. The second-order valence-electron chi connectivity index (χ2n) is 4.20. The van der Waals surface area contributed by atoms with Crippen LogP contribution >= 0.6 is 15.9 Å². The van der Waals surface area contributed by atoms with Crippen molar-refractivity contribution < 1.29 is 9.84 Å². The fraction of sp³-hybridized carbons (Fsp3) is 0.308. The number of rotatable bonds is 2. The molecule has 3 nitrogen and oxygen atoms in total. The molecule has 4 heteroatoms. The highest BCUT2D eigenvalue weighted by molar-refractivity contribution is 9.10. The third-order valence-electron chi connectivity index (χ3n) is 2.68. The van der Waals surface area contributed by atoms with Gasteiger partial charge in [0.1, 0.15) is 5.75 Å². The lowest BCUT2D eigenvalue weighted by Crippen LogP contribution is -1.95. The van der Waals surface area contributed by atoms with Gasteiger partial charge in [-0.2, -0.15) is 0 Å². The SMILES string of the molecule is COc1ccc2nc(C(C)C)c(O)c(Br)c2c1. The van der Waals surface area contributed by atoms with E-state index in [0.717, 1.165) is 16.7 Å². The summed E-state index contributed by atoms with van der Waals surface area (Å²) in [6, 6.07) is 5.61. The molecule has 0 aliphatic heterocycles. The summed E-state index contributed by atoms with van der Waals surface area (Å²) in [6.45, 7) is 4.01. The van der Waals surface area contributed by atoms with Crippen LogP contribution in [0.2, 0.25) is 0 Å². The Morgan fingerprint density at radius 1 is 1.35 bits per heavy atom. The molecule has 0 saturated heterocycles. The predicted molar refractivity (Wildman–Crippen MR) is 71.7 cm³/mol. The van der Waals surface area contributed by atoms with Gasteiger partial charge in [-0.05, 0) is 40.0 Å². The second-order valence-corrected chi connectivity index (χ2v) is 4.99. The Bertz CT molecular complexity index is 567. The molecule has 1 aromatic carbocycles.